The molecule has 0 saturated heterocycles. The van der Waals surface area contributed by atoms with Crippen LogP contribution in [0.5, 0.6) is 5.75 Å². The predicted octanol–water partition coefficient (Wildman–Crippen LogP) is 3.98. The number of amides is 2. The number of hydrogen-bond acceptors (Lipinski definition) is 5. The zero-order chi connectivity index (χ0) is 24.1. The Hall–Kier alpha value is -4.29. The molecule has 0 radical (unpaired) electrons. The summed E-state index contributed by atoms with van der Waals surface area (Å²) in [5.41, 5.74) is 2.95. The fourth-order valence-electron chi connectivity index (χ4n) is 3.55. The van der Waals surface area contributed by atoms with Gasteiger partial charge in [-0.05, 0) is 35.7 Å². The second-order valence-corrected chi connectivity index (χ2v) is 8.41. The van der Waals surface area contributed by atoms with Crippen molar-refractivity contribution in [2.45, 2.75) is 19.3 Å². The van der Waals surface area contributed by atoms with Gasteiger partial charge in [-0.15, -0.1) is 11.3 Å². The highest BCUT2D eigenvalue weighted by atomic mass is 32.1. The van der Waals surface area contributed by atoms with E-state index in [0.29, 0.717) is 39.5 Å². The Morgan fingerprint density at radius 3 is 2.85 bits per heavy atom. The summed E-state index contributed by atoms with van der Waals surface area (Å²) in [6.45, 7) is 0. The molecule has 2 aromatic heterocycles. The second kappa shape index (κ2) is 10.1. The summed E-state index contributed by atoms with van der Waals surface area (Å²) >= 11 is 1.49. The van der Waals surface area contributed by atoms with Crippen LogP contribution in [0.4, 0.5) is 11.4 Å². The van der Waals surface area contributed by atoms with E-state index in [1.54, 1.807) is 30.5 Å². The largest absolute Gasteiger partial charge is 0.495 e. The number of benzene rings is 1. The van der Waals surface area contributed by atoms with Gasteiger partial charge in [0.1, 0.15) is 5.75 Å². The number of carboxylic acid groups (broad SMARTS) is 1. The van der Waals surface area contributed by atoms with E-state index in [2.05, 4.69) is 27.5 Å². The molecule has 0 unspecified atom stereocenters. The van der Waals surface area contributed by atoms with Crippen LogP contribution < -0.4 is 15.4 Å². The third kappa shape index (κ3) is 5.03. The quantitative estimate of drug-likeness (QED) is 0.304. The molecule has 0 aliphatic carbocycles. The van der Waals surface area contributed by atoms with E-state index in [0.717, 1.165) is 4.88 Å². The number of anilines is 2. The van der Waals surface area contributed by atoms with Crippen molar-refractivity contribution in [1.29, 1.82) is 0 Å². The molecule has 2 amide bonds. The number of carboxylic acids is 1. The van der Waals surface area contributed by atoms with E-state index in [4.69, 9.17) is 9.84 Å². The third-order valence-electron chi connectivity index (χ3n) is 5.08. The standard InChI is InChI=1S/C25H21N3O5S/c1-33-21-10-11-26-20(21)14-17-24-16(6-2-3-7-23(30)31)18(8-9-19(24)28-25(17)32)27-22(29)13-15-5-4-12-34-15/h4-5,8-12,14,26H,3,7,13H2,1H3,(H,27,29)(H,28,32)(H,30,31). The number of aliphatic carboxylic acids is 1. The maximum Gasteiger partial charge on any atom is 0.304 e. The van der Waals surface area contributed by atoms with Crippen molar-refractivity contribution in [3.8, 4) is 17.6 Å². The number of ether oxygens (including phenoxy) is 1. The van der Waals surface area contributed by atoms with E-state index >= 15 is 0 Å². The summed E-state index contributed by atoms with van der Waals surface area (Å²) in [4.78, 5) is 40.4. The number of nitrogens with one attached hydrogen (secondary N) is 3. The lowest BCUT2D eigenvalue weighted by atomic mass is 9.97. The first-order valence-electron chi connectivity index (χ1n) is 10.4. The minimum Gasteiger partial charge on any atom is -0.495 e. The van der Waals surface area contributed by atoms with Gasteiger partial charge in [0.05, 0.1) is 48.2 Å². The lowest BCUT2D eigenvalue weighted by Gasteiger charge is -2.11. The monoisotopic (exact) mass is 475 g/mol. The average molecular weight is 476 g/mol. The van der Waals surface area contributed by atoms with Crippen molar-refractivity contribution >= 4 is 52.1 Å². The number of aromatic nitrogens is 1. The Morgan fingerprint density at radius 2 is 2.12 bits per heavy atom. The molecule has 4 N–H and O–H groups in total. The van der Waals surface area contributed by atoms with Crippen LogP contribution in [0, 0.1) is 11.8 Å². The van der Waals surface area contributed by atoms with Gasteiger partial charge in [-0.1, -0.05) is 17.9 Å². The maximum absolute atomic E-state index is 12.8. The molecule has 34 heavy (non-hydrogen) atoms. The molecule has 0 saturated carbocycles. The number of aromatic amines is 1. The topological polar surface area (TPSA) is 121 Å². The Bertz CT molecular complexity index is 1340. The maximum atomic E-state index is 12.8. The molecular weight excluding hydrogens is 454 g/mol. The van der Waals surface area contributed by atoms with Crippen LogP contribution in [0.15, 0.2) is 41.9 Å². The molecule has 0 atom stereocenters. The molecule has 4 rings (SSSR count). The first-order valence-corrected chi connectivity index (χ1v) is 11.3. The number of carbonyl (C=O) groups is 3. The van der Waals surface area contributed by atoms with E-state index in [-0.39, 0.29) is 31.1 Å². The summed E-state index contributed by atoms with van der Waals surface area (Å²) in [6.07, 6.45) is 3.60. The number of rotatable bonds is 7. The van der Waals surface area contributed by atoms with Gasteiger partial charge in [-0.2, -0.15) is 0 Å². The zero-order valence-corrected chi connectivity index (χ0v) is 19.0. The Balaban J connectivity index is 1.76. The molecule has 0 bridgehead atoms. The summed E-state index contributed by atoms with van der Waals surface area (Å²) in [5.74, 6) is 4.94. The van der Waals surface area contributed by atoms with Gasteiger partial charge in [0.2, 0.25) is 5.91 Å². The number of H-pyrrole nitrogens is 1. The van der Waals surface area contributed by atoms with Crippen LogP contribution in [0.25, 0.3) is 11.6 Å². The third-order valence-corrected chi connectivity index (χ3v) is 5.96. The lowest BCUT2D eigenvalue weighted by molar-refractivity contribution is -0.136. The number of thiophene rings is 1. The van der Waals surface area contributed by atoms with Gasteiger partial charge in [-0.25, -0.2) is 0 Å². The number of carbonyl (C=O) groups excluding carboxylic acids is 2. The number of hydrogen-bond donors (Lipinski definition) is 4. The van der Waals surface area contributed by atoms with Crippen molar-refractivity contribution in [2.24, 2.45) is 0 Å². The molecular formula is C25H21N3O5S. The molecule has 8 nitrogen and oxygen atoms in total. The van der Waals surface area contributed by atoms with E-state index in [9.17, 15) is 14.4 Å². The van der Waals surface area contributed by atoms with Crippen molar-refractivity contribution in [3.63, 3.8) is 0 Å². The first kappa shape index (κ1) is 22.9. The summed E-state index contributed by atoms with van der Waals surface area (Å²) in [5, 5.41) is 16.6. The number of fused-ring (bicyclic) bond motifs is 1. The van der Waals surface area contributed by atoms with Gasteiger partial charge >= 0.3 is 5.97 Å². The van der Waals surface area contributed by atoms with E-state index in [1.165, 1.54) is 18.4 Å². The van der Waals surface area contributed by atoms with Crippen LogP contribution in [-0.4, -0.2) is 35.0 Å². The molecule has 1 aromatic carbocycles. The first-order chi connectivity index (χ1) is 16.5. The van der Waals surface area contributed by atoms with Crippen molar-refractivity contribution in [2.75, 3.05) is 17.7 Å². The average Bonchev–Trinajstić information content (AvgIpc) is 3.53. The highest BCUT2D eigenvalue weighted by Crippen LogP contribution is 2.39. The van der Waals surface area contributed by atoms with Crippen LogP contribution >= 0.6 is 11.3 Å². The summed E-state index contributed by atoms with van der Waals surface area (Å²) in [6, 6.07) is 8.90. The molecule has 3 heterocycles. The van der Waals surface area contributed by atoms with E-state index < -0.39 is 5.97 Å². The predicted molar refractivity (Wildman–Crippen MR) is 131 cm³/mol. The molecule has 3 aromatic rings. The summed E-state index contributed by atoms with van der Waals surface area (Å²) in [7, 11) is 1.54. The Morgan fingerprint density at radius 1 is 1.26 bits per heavy atom. The van der Waals surface area contributed by atoms with E-state index in [1.807, 2.05) is 17.5 Å². The van der Waals surface area contributed by atoms with Crippen molar-refractivity contribution in [3.05, 3.63) is 63.6 Å². The molecule has 0 spiro atoms. The van der Waals surface area contributed by atoms with Gasteiger partial charge in [0.15, 0.2) is 0 Å². The Labute approximate surface area is 199 Å². The van der Waals surface area contributed by atoms with Crippen LogP contribution in [0.3, 0.4) is 0 Å². The summed E-state index contributed by atoms with van der Waals surface area (Å²) < 4.78 is 5.33. The zero-order valence-electron chi connectivity index (χ0n) is 18.2. The molecule has 0 fully saturated rings. The van der Waals surface area contributed by atoms with Crippen molar-refractivity contribution in [1.82, 2.24) is 4.98 Å². The minimum atomic E-state index is -0.951. The van der Waals surface area contributed by atoms with Gasteiger partial charge in [0.25, 0.3) is 5.91 Å². The fourth-order valence-corrected chi connectivity index (χ4v) is 4.25. The van der Waals surface area contributed by atoms with Gasteiger partial charge < -0.3 is 25.5 Å². The van der Waals surface area contributed by atoms with Gasteiger partial charge in [0, 0.05) is 23.1 Å². The molecule has 1 aliphatic heterocycles. The van der Waals surface area contributed by atoms with Crippen LogP contribution in [0.2, 0.25) is 0 Å². The van der Waals surface area contributed by atoms with Crippen molar-refractivity contribution < 1.29 is 24.2 Å². The van der Waals surface area contributed by atoms with Crippen LogP contribution in [0.1, 0.15) is 34.5 Å². The second-order valence-electron chi connectivity index (χ2n) is 7.38. The highest BCUT2D eigenvalue weighted by Gasteiger charge is 2.29. The number of methoxy groups -OCH3 is 1. The molecule has 9 heteroatoms. The minimum absolute atomic E-state index is 0.109. The molecule has 1 aliphatic rings. The SMILES string of the molecule is COc1cc[nH]c1C=C1C(=O)Nc2ccc(NC(=O)Cc3cccs3)c(C#CCCC(=O)O)c21. The smallest absolute Gasteiger partial charge is 0.304 e. The van der Waals surface area contributed by atoms with Gasteiger partial charge in [-0.3, -0.25) is 14.4 Å². The normalized spacial score (nSPS) is 13.1. The Kier molecular flexibility index (Phi) is 6.80. The van der Waals surface area contributed by atoms with Crippen LogP contribution in [-0.2, 0) is 20.8 Å². The lowest BCUT2D eigenvalue weighted by Crippen LogP contribution is -2.15. The molecule has 172 valence electrons. The highest BCUT2D eigenvalue weighted by molar-refractivity contribution is 7.10. The fraction of sp³-hybridized carbons (Fsp3) is 0.160.